The van der Waals surface area contributed by atoms with Crippen LogP contribution in [0.5, 0.6) is 5.75 Å². The van der Waals surface area contributed by atoms with E-state index in [1.165, 1.54) is 10.8 Å². The van der Waals surface area contributed by atoms with Crippen LogP contribution in [0.25, 0.3) is 11.1 Å². The Bertz CT molecular complexity index is 1740. The van der Waals surface area contributed by atoms with E-state index in [1.807, 2.05) is 30.0 Å². The number of hydrogen-bond donors (Lipinski definition) is 1. The zero-order valence-corrected chi connectivity index (χ0v) is 23.8. The molecule has 0 saturated carbocycles. The Labute approximate surface area is 241 Å². The molecule has 2 aromatic heterocycles. The van der Waals surface area contributed by atoms with Crippen molar-refractivity contribution in [2.75, 3.05) is 37.0 Å². The number of anilines is 2. The number of piperidine rings is 1. The number of carbonyl (C=O) groups excluding carboxylic acids is 2. The van der Waals surface area contributed by atoms with E-state index in [0.717, 1.165) is 41.8 Å². The molecule has 0 spiro atoms. The first-order valence-electron chi connectivity index (χ1n) is 13.5. The number of aromatic nitrogens is 2. The normalized spacial score (nSPS) is 16.0. The highest BCUT2D eigenvalue weighted by atomic mass is 35.5. The molecule has 0 atom stereocenters. The molecule has 4 aromatic rings. The summed E-state index contributed by atoms with van der Waals surface area (Å²) in [5.41, 5.74) is 4.35. The number of fused-ring (bicyclic) bond motifs is 2. The Balaban J connectivity index is 1.17. The van der Waals surface area contributed by atoms with E-state index in [1.54, 1.807) is 32.4 Å². The van der Waals surface area contributed by atoms with Gasteiger partial charge in [-0.1, -0.05) is 11.6 Å². The molecule has 1 saturated heterocycles. The number of hydrogen-bond acceptors (Lipinski definition) is 7. The molecule has 6 rings (SSSR count). The SMILES string of the molecule is COc1ccc2c(c1)CCN(C1CCN(c3cc(C(=O)c4cc(C)c5c(c4)oc(=O)n5C)c(Cl)cn3)CC1)C(=O)N2. The molecule has 1 fully saturated rings. The molecule has 41 heavy (non-hydrogen) atoms. The number of benzene rings is 2. The molecule has 0 radical (unpaired) electrons. The summed E-state index contributed by atoms with van der Waals surface area (Å²) >= 11 is 6.44. The minimum atomic E-state index is -0.484. The Kier molecular flexibility index (Phi) is 6.94. The largest absolute Gasteiger partial charge is 0.497 e. The van der Waals surface area contributed by atoms with Crippen LogP contribution < -0.4 is 20.7 Å². The van der Waals surface area contributed by atoms with Gasteiger partial charge in [-0.25, -0.2) is 14.6 Å². The van der Waals surface area contributed by atoms with Crippen molar-refractivity contribution in [1.82, 2.24) is 14.5 Å². The second kappa shape index (κ2) is 10.6. The van der Waals surface area contributed by atoms with Crippen molar-refractivity contribution in [3.63, 3.8) is 0 Å². The van der Waals surface area contributed by atoms with E-state index in [4.69, 9.17) is 20.8 Å². The molecule has 0 aliphatic carbocycles. The molecular formula is C30H30ClN5O5. The lowest BCUT2D eigenvalue weighted by Crippen LogP contribution is -2.49. The van der Waals surface area contributed by atoms with Crippen molar-refractivity contribution in [2.45, 2.75) is 32.2 Å². The summed E-state index contributed by atoms with van der Waals surface area (Å²) in [6.45, 7) is 3.81. The van der Waals surface area contributed by atoms with Gasteiger partial charge in [-0.15, -0.1) is 0 Å². The number of nitrogens with zero attached hydrogens (tertiary/aromatic N) is 4. The first-order valence-corrected chi connectivity index (χ1v) is 13.9. The molecule has 11 heteroatoms. The first kappa shape index (κ1) is 26.9. The molecule has 0 unspecified atom stereocenters. The van der Waals surface area contributed by atoms with Crippen molar-refractivity contribution < 1.29 is 18.7 Å². The highest BCUT2D eigenvalue weighted by molar-refractivity contribution is 6.35. The van der Waals surface area contributed by atoms with Crippen molar-refractivity contribution in [3.05, 3.63) is 80.4 Å². The summed E-state index contributed by atoms with van der Waals surface area (Å²) < 4.78 is 12.1. The molecule has 0 bridgehead atoms. The number of halogens is 1. The minimum Gasteiger partial charge on any atom is -0.497 e. The molecule has 2 aromatic carbocycles. The fourth-order valence-corrected chi connectivity index (χ4v) is 6.07. The molecule has 2 aliphatic heterocycles. The number of carbonyl (C=O) groups is 2. The highest BCUT2D eigenvalue weighted by Crippen LogP contribution is 2.30. The van der Waals surface area contributed by atoms with E-state index in [2.05, 4.69) is 15.2 Å². The fraction of sp³-hybridized carbons (Fsp3) is 0.333. The summed E-state index contributed by atoms with van der Waals surface area (Å²) in [7, 11) is 3.27. The standard InChI is InChI=1S/C30H30ClN5O5/c1-17-12-19(14-25-27(17)34(2)30(39)41-25)28(37)22-15-26(32-16-23(22)31)35-9-7-20(8-10-35)36-11-6-18-13-21(40-3)4-5-24(18)33-29(36)38/h4-5,12-16,20H,6-11H2,1-3H3,(H,33,38). The summed E-state index contributed by atoms with van der Waals surface area (Å²) in [6, 6.07) is 10.7. The van der Waals surface area contributed by atoms with Gasteiger partial charge in [0.25, 0.3) is 0 Å². The average Bonchev–Trinajstić information content (AvgIpc) is 3.16. The fourth-order valence-electron chi connectivity index (χ4n) is 5.88. The van der Waals surface area contributed by atoms with Crippen LogP contribution in [0.4, 0.5) is 16.3 Å². The van der Waals surface area contributed by atoms with Gasteiger partial charge in [-0.05, 0) is 73.7 Å². The van der Waals surface area contributed by atoms with Gasteiger partial charge in [-0.2, -0.15) is 0 Å². The summed E-state index contributed by atoms with van der Waals surface area (Å²) in [4.78, 5) is 47.2. The summed E-state index contributed by atoms with van der Waals surface area (Å²) in [5, 5.41) is 3.30. The summed E-state index contributed by atoms with van der Waals surface area (Å²) in [6.07, 6.45) is 3.78. The van der Waals surface area contributed by atoms with Gasteiger partial charge >= 0.3 is 11.8 Å². The lowest BCUT2D eigenvalue weighted by molar-refractivity contribution is 0.103. The van der Waals surface area contributed by atoms with Crippen LogP contribution in [0.1, 0.15) is 39.9 Å². The van der Waals surface area contributed by atoms with Gasteiger partial charge in [0.15, 0.2) is 11.4 Å². The number of amides is 2. The smallest absolute Gasteiger partial charge is 0.419 e. The van der Waals surface area contributed by atoms with Crippen LogP contribution in [0.15, 0.2) is 51.8 Å². The molecule has 2 aliphatic rings. The quantitative estimate of drug-likeness (QED) is 0.341. The maximum Gasteiger partial charge on any atom is 0.419 e. The Morgan fingerprint density at radius 1 is 1.12 bits per heavy atom. The molecule has 4 heterocycles. The van der Waals surface area contributed by atoms with Crippen molar-refractivity contribution >= 4 is 46.0 Å². The maximum atomic E-state index is 13.5. The minimum absolute atomic E-state index is 0.0890. The van der Waals surface area contributed by atoms with Gasteiger partial charge in [-0.3, -0.25) is 9.36 Å². The lowest BCUT2D eigenvalue weighted by atomic mass is 10.00. The van der Waals surface area contributed by atoms with Gasteiger partial charge in [0, 0.05) is 55.7 Å². The van der Waals surface area contributed by atoms with Gasteiger partial charge in [0.2, 0.25) is 0 Å². The third-order valence-corrected chi connectivity index (χ3v) is 8.39. The zero-order chi connectivity index (χ0) is 28.8. The van der Waals surface area contributed by atoms with Crippen LogP contribution >= 0.6 is 11.6 Å². The maximum absolute atomic E-state index is 13.5. The Morgan fingerprint density at radius 3 is 2.66 bits per heavy atom. The van der Waals surface area contributed by atoms with Crippen molar-refractivity contribution in [1.29, 1.82) is 0 Å². The Morgan fingerprint density at radius 2 is 1.90 bits per heavy atom. The highest BCUT2D eigenvalue weighted by Gasteiger charge is 2.31. The number of rotatable bonds is 5. The predicted molar refractivity (Wildman–Crippen MR) is 157 cm³/mol. The van der Waals surface area contributed by atoms with E-state index in [9.17, 15) is 14.4 Å². The van der Waals surface area contributed by atoms with Crippen LogP contribution in [0, 0.1) is 6.92 Å². The number of ether oxygens (including phenoxy) is 1. The molecule has 2 amide bonds. The van der Waals surface area contributed by atoms with Gasteiger partial charge in [0.1, 0.15) is 11.6 Å². The summed E-state index contributed by atoms with van der Waals surface area (Å²) in [5.74, 6) is 0.667. The van der Waals surface area contributed by atoms with E-state index in [-0.39, 0.29) is 22.9 Å². The van der Waals surface area contributed by atoms with Crippen molar-refractivity contribution in [2.24, 2.45) is 7.05 Å². The van der Waals surface area contributed by atoms with Crippen LogP contribution in [0.3, 0.4) is 0 Å². The third-order valence-electron chi connectivity index (χ3n) is 8.09. The monoisotopic (exact) mass is 575 g/mol. The topological polar surface area (TPSA) is 110 Å². The van der Waals surface area contributed by atoms with Crippen LogP contribution in [0.2, 0.25) is 5.02 Å². The first-order chi connectivity index (χ1) is 19.7. The molecule has 212 valence electrons. The van der Waals surface area contributed by atoms with Crippen molar-refractivity contribution in [3.8, 4) is 5.75 Å². The van der Waals surface area contributed by atoms with E-state index in [0.29, 0.717) is 47.7 Å². The van der Waals surface area contributed by atoms with Crippen LogP contribution in [-0.4, -0.2) is 59.1 Å². The van der Waals surface area contributed by atoms with Crippen LogP contribution in [-0.2, 0) is 13.5 Å². The number of nitrogens with one attached hydrogen (secondary N) is 1. The Hall–Kier alpha value is -4.31. The van der Waals surface area contributed by atoms with Gasteiger partial charge < -0.3 is 24.3 Å². The second-order valence-electron chi connectivity index (χ2n) is 10.5. The second-order valence-corrected chi connectivity index (χ2v) is 10.9. The number of oxazole rings is 1. The van der Waals surface area contributed by atoms with E-state index < -0.39 is 5.76 Å². The molecule has 1 N–H and O–H groups in total. The number of methoxy groups -OCH3 is 1. The lowest BCUT2D eigenvalue weighted by Gasteiger charge is -2.38. The molecule has 10 nitrogen and oxygen atoms in total. The number of ketones is 1. The average molecular weight is 576 g/mol. The predicted octanol–water partition coefficient (Wildman–Crippen LogP) is 4.79. The zero-order valence-electron chi connectivity index (χ0n) is 23.1. The number of pyridine rings is 1. The van der Waals surface area contributed by atoms with E-state index >= 15 is 0 Å². The number of aryl methyl sites for hydroxylation is 2. The number of urea groups is 1. The van der Waals surface area contributed by atoms with Gasteiger partial charge in [0.05, 0.1) is 17.6 Å². The third kappa shape index (κ3) is 4.93. The molecular weight excluding hydrogens is 546 g/mol.